The Morgan fingerprint density at radius 2 is 1.45 bits per heavy atom. The van der Waals surface area contributed by atoms with Crippen LogP contribution in [0.5, 0.6) is 0 Å². The first-order valence-electron chi connectivity index (χ1n) is 6.99. The molecule has 0 heterocycles. The van der Waals surface area contributed by atoms with Crippen LogP contribution in [-0.4, -0.2) is 0 Å². The molecule has 0 atom stereocenters. The van der Waals surface area contributed by atoms with Crippen molar-refractivity contribution in [1.29, 1.82) is 0 Å². The van der Waals surface area contributed by atoms with Crippen LogP contribution in [0, 0.1) is 59.9 Å². The molecule has 0 bridgehead atoms. The third kappa shape index (κ3) is 2.11. The molecule has 0 aliphatic heterocycles. The van der Waals surface area contributed by atoms with Gasteiger partial charge < -0.3 is 0 Å². The number of rotatable bonds is 2. The van der Waals surface area contributed by atoms with Crippen molar-refractivity contribution in [3.8, 4) is 35.6 Å². The predicted molar refractivity (Wildman–Crippen MR) is 85.0 cm³/mol. The lowest BCUT2D eigenvalue weighted by atomic mass is 10.3. The number of nitrogens with zero attached hydrogens (tertiary/aromatic N) is 1. The summed E-state index contributed by atoms with van der Waals surface area (Å²) in [5.41, 5.74) is 7.09. The summed E-state index contributed by atoms with van der Waals surface area (Å²) in [4.78, 5) is 1.92. The summed E-state index contributed by atoms with van der Waals surface area (Å²) in [5.74, 6) is 13.7. The first-order valence-corrected chi connectivity index (χ1v) is 6.99. The molecular weight excluding hydrogens is 266 g/mol. The molecule has 0 radical (unpaired) electrons. The van der Waals surface area contributed by atoms with Gasteiger partial charge in [-0.15, -0.1) is 0 Å². The summed E-state index contributed by atoms with van der Waals surface area (Å²) in [6.07, 6.45) is 1.97. The zero-order chi connectivity index (χ0) is 14.9. The van der Waals surface area contributed by atoms with Gasteiger partial charge >= 0.3 is 0 Å². The van der Waals surface area contributed by atoms with Crippen molar-refractivity contribution in [3.05, 3.63) is 58.7 Å². The van der Waals surface area contributed by atoms with E-state index >= 15 is 0 Å². The largest absolute Gasteiger partial charge is 0.252 e. The van der Waals surface area contributed by atoms with Gasteiger partial charge in [-0.1, -0.05) is 18.1 Å². The summed E-state index contributed by atoms with van der Waals surface area (Å²) in [7, 11) is 0. The van der Waals surface area contributed by atoms with Crippen LogP contribution in [0.1, 0.15) is 29.2 Å². The van der Waals surface area contributed by atoms with Gasteiger partial charge in [0, 0.05) is 30.7 Å². The highest BCUT2D eigenvalue weighted by Crippen LogP contribution is 2.42. The molecule has 2 aromatic carbocycles. The fraction of sp³-hybridized carbons (Fsp3) is 0.143. The average Bonchev–Trinajstić information content (AvgIpc) is 3.43. The number of anilines is 2. The zero-order valence-corrected chi connectivity index (χ0v) is 12.0. The van der Waals surface area contributed by atoms with E-state index in [1.807, 2.05) is 17.0 Å². The van der Waals surface area contributed by atoms with Crippen LogP contribution in [0.15, 0.2) is 12.1 Å². The number of hydrogen-bond donors (Lipinski definition) is 0. The molecule has 2 aromatic rings. The Hall–Kier alpha value is -3.44. The Morgan fingerprint density at radius 1 is 0.864 bits per heavy atom. The minimum absolute atomic E-state index is 0.957. The van der Waals surface area contributed by atoms with E-state index < -0.39 is 0 Å². The van der Waals surface area contributed by atoms with Gasteiger partial charge in [0.15, 0.2) is 0 Å². The monoisotopic (exact) mass is 275 g/mol. The first kappa shape index (κ1) is 12.3. The Kier molecular flexibility index (Phi) is 2.71. The van der Waals surface area contributed by atoms with E-state index in [2.05, 4.69) is 59.9 Å². The molecule has 98 valence electrons. The van der Waals surface area contributed by atoms with Gasteiger partial charge in [0.1, 0.15) is 11.4 Å². The normalized spacial score (nSPS) is 10.6. The molecule has 0 aromatic heterocycles. The lowest BCUT2D eigenvalue weighted by Gasteiger charge is -2.13. The van der Waals surface area contributed by atoms with Crippen molar-refractivity contribution in [3.63, 3.8) is 0 Å². The van der Waals surface area contributed by atoms with Gasteiger partial charge in [-0.05, 0) is 65.3 Å². The Bertz CT molecular complexity index is 909. The maximum atomic E-state index is 3.18. The van der Waals surface area contributed by atoms with Crippen LogP contribution in [0.3, 0.4) is 0 Å². The van der Waals surface area contributed by atoms with Crippen LogP contribution < -0.4 is 4.90 Å². The SMILES string of the molecule is CC#CC#CC#CN(c1c#ccc2c1C2)c1c#ccc2c1C2. The van der Waals surface area contributed by atoms with Crippen molar-refractivity contribution < 1.29 is 0 Å². The lowest BCUT2D eigenvalue weighted by Crippen LogP contribution is -2.09. The van der Waals surface area contributed by atoms with E-state index in [1.54, 1.807) is 6.92 Å². The summed E-state index contributed by atoms with van der Waals surface area (Å²) in [6, 6.07) is 19.5. The van der Waals surface area contributed by atoms with Crippen LogP contribution in [0.4, 0.5) is 11.4 Å². The second-order valence-electron chi connectivity index (χ2n) is 5.08. The molecule has 2 aliphatic rings. The molecule has 1 heteroatoms. The molecule has 2 aliphatic carbocycles. The molecule has 22 heavy (non-hydrogen) atoms. The van der Waals surface area contributed by atoms with E-state index in [-0.39, 0.29) is 0 Å². The maximum Gasteiger partial charge on any atom is 0.110 e. The smallest absolute Gasteiger partial charge is 0.110 e. The van der Waals surface area contributed by atoms with E-state index in [1.165, 1.54) is 22.3 Å². The Balaban J connectivity index is 1.77. The van der Waals surface area contributed by atoms with Gasteiger partial charge in [-0.3, -0.25) is 4.90 Å². The molecule has 0 saturated carbocycles. The average molecular weight is 275 g/mol. The number of fused-ring (bicyclic) bond motifs is 2. The molecule has 0 amide bonds. The molecule has 0 saturated heterocycles. The minimum atomic E-state index is 0.957. The highest BCUT2D eigenvalue weighted by Gasteiger charge is 2.29. The second kappa shape index (κ2) is 4.83. The van der Waals surface area contributed by atoms with Crippen molar-refractivity contribution in [2.75, 3.05) is 4.90 Å². The molecule has 4 rings (SSSR count). The van der Waals surface area contributed by atoms with Gasteiger partial charge in [-0.25, -0.2) is 0 Å². The van der Waals surface area contributed by atoms with Crippen LogP contribution in [-0.2, 0) is 12.8 Å². The first-order chi connectivity index (χ1) is 10.9. The second-order valence-corrected chi connectivity index (χ2v) is 5.08. The third-order valence-electron chi connectivity index (χ3n) is 3.63. The third-order valence-corrected chi connectivity index (χ3v) is 3.63. The standard InChI is InChI=1S/C21H9N/c1-2-3-4-5-6-13-22(20-11-7-9-16-14-18(16)20)21-12-8-10-17-15-19(17)21/h9-10H,14-15H2,1H3. The minimum Gasteiger partial charge on any atom is -0.252 e. The fourth-order valence-electron chi connectivity index (χ4n) is 2.39. The molecule has 0 spiro atoms. The molecule has 0 unspecified atom stereocenters. The highest BCUT2D eigenvalue weighted by molar-refractivity contribution is 5.79. The van der Waals surface area contributed by atoms with Crippen molar-refractivity contribution in [2.24, 2.45) is 0 Å². The Labute approximate surface area is 131 Å². The summed E-state index contributed by atoms with van der Waals surface area (Å²) in [5, 5.41) is 0. The lowest BCUT2D eigenvalue weighted by molar-refractivity contribution is 1.32. The summed E-state index contributed by atoms with van der Waals surface area (Å²) >= 11 is 0. The summed E-state index contributed by atoms with van der Waals surface area (Å²) < 4.78 is 0. The van der Waals surface area contributed by atoms with Crippen LogP contribution in [0.2, 0.25) is 0 Å². The predicted octanol–water partition coefficient (Wildman–Crippen LogP) is 2.82. The molecule has 1 nitrogen and oxygen atoms in total. The van der Waals surface area contributed by atoms with Crippen LogP contribution >= 0.6 is 0 Å². The van der Waals surface area contributed by atoms with Gasteiger partial charge in [0.2, 0.25) is 0 Å². The van der Waals surface area contributed by atoms with E-state index in [0.717, 1.165) is 24.2 Å². The van der Waals surface area contributed by atoms with Crippen LogP contribution in [0.25, 0.3) is 0 Å². The quantitative estimate of drug-likeness (QED) is 0.402. The van der Waals surface area contributed by atoms with Crippen molar-refractivity contribution in [2.45, 2.75) is 19.8 Å². The van der Waals surface area contributed by atoms with Crippen molar-refractivity contribution in [1.82, 2.24) is 0 Å². The topological polar surface area (TPSA) is 3.24 Å². The molecule has 0 N–H and O–H groups in total. The summed E-state index contributed by atoms with van der Waals surface area (Å²) in [6.45, 7) is 1.75. The van der Waals surface area contributed by atoms with Gasteiger partial charge in [0.05, 0.1) is 0 Å². The fourth-order valence-corrected chi connectivity index (χ4v) is 2.39. The Morgan fingerprint density at radius 3 is 2.05 bits per heavy atom. The highest BCUT2D eigenvalue weighted by atomic mass is 15.1. The van der Waals surface area contributed by atoms with Gasteiger partial charge in [0.25, 0.3) is 0 Å². The number of hydrogen-bond acceptors (Lipinski definition) is 1. The van der Waals surface area contributed by atoms with Crippen molar-refractivity contribution >= 4 is 11.4 Å². The zero-order valence-electron chi connectivity index (χ0n) is 12.0. The van der Waals surface area contributed by atoms with E-state index in [0.29, 0.717) is 0 Å². The molecule has 0 fully saturated rings. The van der Waals surface area contributed by atoms with E-state index in [4.69, 9.17) is 0 Å². The molecular formula is C21H9N. The maximum absolute atomic E-state index is 3.18. The van der Waals surface area contributed by atoms with E-state index in [9.17, 15) is 0 Å². The van der Waals surface area contributed by atoms with Gasteiger partial charge in [-0.2, -0.15) is 0 Å².